The molecule has 0 aliphatic heterocycles. The second-order valence-electron chi connectivity index (χ2n) is 9.35. The van der Waals surface area contributed by atoms with Crippen molar-refractivity contribution in [1.82, 2.24) is 4.57 Å². The minimum Gasteiger partial charge on any atom is -0.455 e. The molecule has 0 N–H and O–H groups in total. The number of rotatable bonds is 3. The fraction of sp³-hybridized carbons (Fsp3) is 0.0606. The van der Waals surface area contributed by atoms with Crippen LogP contribution in [0.5, 0.6) is 0 Å². The van der Waals surface area contributed by atoms with Gasteiger partial charge in [-0.25, -0.2) is 4.57 Å². The summed E-state index contributed by atoms with van der Waals surface area (Å²) in [7, 11) is 2.15. The number of hydrogen-bond acceptors (Lipinski definition) is 1. The molecule has 0 aliphatic rings. The minimum atomic E-state index is 0.914. The highest BCUT2D eigenvalue weighted by Crippen LogP contribution is 2.39. The predicted octanol–water partition coefficient (Wildman–Crippen LogP) is 8.00. The minimum absolute atomic E-state index is 0.914. The van der Waals surface area contributed by atoms with E-state index < -0.39 is 0 Å². The second kappa shape index (κ2) is 7.96. The van der Waals surface area contributed by atoms with Crippen molar-refractivity contribution >= 4 is 33.0 Å². The second-order valence-corrected chi connectivity index (χ2v) is 9.35. The van der Waals surface area contributed by atoms with Crippen LogP contribution in [0, 0.1) is 6.92 Å². The monoisotopic (exact) mass is 465 g/mol. The van der Waals surface area contributed by atoms with Gasteiger partial charge in [0.05, 0.1) is 7.05 Å². The molecule has 0 spiro atoms. The maximum Gasteiger partial charge on any atom is 0.298 e. The first-order valence-electron chi connectivity index (χ1n) is 12.3. The number of furan rings is 1. The van der Waals surface area contributed by atoms with Crippen LogP contribution in [0.1, 0.15) is 5.56 Å². The number of benzene rings is 5. The average molecular weight is 466 g/mol. The molecule has 36 heavy (non-hydrogen) atoms. The SMILES string of the molecule is Cc1ccc2c(oc3ccccc32)c1-c1n(-c2ccc(-c3ccccc3)cc2)c2ccccc2[n+]1C. The van der Waals surface area contributed by atoms with Crippen LogP contribution in [0.15, 0.2) is 120 Å². The van der Waals surface area contributed by atoms with E-state index in [0.717, 1.165) is 44.5 Å². The Hall–Kier alpha value is -4.63. The molecule has 0 radical (unpaired) electrons. The molecule has 7 aromatic rings. The van der Waals surface area contributed by atoms with E-state index in [1.165, 1.54) is 22.2 Å². The highest BCUT2D eigenvalue weighted by atomic mass is 16.3. The average Bonchev–Trinajstić information content (AvgIpc) is 3.45. The van der Waals surface area contributed by atoms with Crippen LogP contribution in [0.25, 0.3) is 61.2 Å². The summed E-state index contributed by atoms with van der Waals surface area (Å²) in [5, 5.41) is 2.29. The van der Waals surface area contributed by atoms with Gasteiger partial charge in [0.2, 0.25) is 0 Å². The summed E-state index contributed by atoms with van der Waals surface area (Å²) in [6.45, 7) is 2.17. The molecule has 2 heterocycles. The maximum atomic E-state index is 6.51. The van der Waals surface area contributed by atoms with Crippen molar-refractivity contribution in [3.8, 4) is 28.2 Å². The molecule has 172 valence electrons. The van der Waals surface area contributed by atoms with Gasteiger partial charge >= 0.3 is 0 Å². The lowest BCUT2D eigenvalue weighted by molar-refractivity contribution is -0.633. The van der Waals surface area contributed by atoms with Crippen molar-refractivity contribution in [3.63, 3.8) is 0 Å². The van der Waals surface area contributed by atoms with E-state index in [2.05, 4.69) is 126 Å². The highest BCUT2D eigenvalue weighted by molar-refractivity contribution is 6.09. The molecule has 0 fully saturated rings. The normalized spacial score (nSPS) is 11.6. The van der Waals surface area contributed by atoms with Gasteiger partial charge < -0.3 is 4.42 Å². The van der Waals surface area contributed by atoms with Gasteiger partial charge in [0.1, 0.15) is 16.8 Å². The molecule has 7 rings (SSSR count). The summed E-state index contributed by atoms with van der Waals surface area (Å²) in [5.74, 6) is 1.10. The van der Waals surface area contributed by atoms with E-state index in [0.29, 0.717) is 0 Å². The third-order valence-corrected chi connectivity index (χ3v) is 7.23. The number of para-hydroxylation sites is 3. The zero-order chi connectivity index (χ0) is 24.2. The van der Waals surface area contributed by atoms with Crippen LogP contribution in [0.4, 0.5) is 0 Å². The summed E-state index contributed by atoms with van der Waals surface area (Å²) in [6.07, 6.45) is 0. The van der Waals surface area contributed by atoms with Crippen molar-refractivity contribution in [1.29, 1.82) is 0 Å². The quantitative estimate of drug-likeness (QED) is 0.242. The summed E-state index contributed by atoms with van der Waals surface area (Å²) < 4.78 is 11.2. The molecular formula is C33H25N2O+. The van der Waals surface area contributed by atoms with E-state index in [-0.39, 0.29) is 0 Å². The first-order valence-corrected chi connectivity index (χ1v) is 12.3. The number of hydrogen-bond donors (Lipinski definition) is 0. The van der Waals surface area contributed by atoms with Crippen molar-refractivity contribution in [3.05, 3.63) is 121 Å². The van der Waals surface area contributed by atoms with Crippen LogP contribution >= 0.6 is 0 Å². The molecular weight excluding hydrogens is 440 g/mol. The van der Waals surface area contributed by atoms with Gasteiger partial charge in [0.15, 0.2) is 16.6 Å². The Bertz CT molecular complexity index is 1890. The van der Waals surface area contributed by atoms with E-state index >= 15 is 0 Å². The predicted molar refractivity (Wildman–Crippen MR) is 147 cm³/mol. The first kappa shape index (κ1) is 20.7. The Morgan fingerprint density at radius 3 is 2.17 bits per heavy atom. The number of aromatic nitrogens is 2. The molecule has 0 bridgehead atoms. The molecule has 2 aromatic heterocycles. The van der Waals surface area contributed by atoms with E-state index in [9.17, 15) is 0 Å². The third kappa shape index (κ3) is 3.03. The maximum absolute atomic E-state index is 6.51. The molecule has 0 amide bonds. The van der Waals surface area contributed by atoms with Crippen LogP contribution in [-0.2, 0) is 7.05 Å². The zero-order valence-corrected chi connectivity index (χ0v) is 20.3. The van der Waals surface area contributed by atoms with Crippen LogP contribution < -0.4 is 4.57 Å². The fourth-order valence-corrected chi connectivity index (χ4v) is 5.45. The summed E-state index contributed by atoms with van der Waals surface area (Å²) in [4.78, 5) is 0. The standard InChI is InChI=1S/C33H25N2O/c1-22-16-21-27-26-12-6-9-15-30(26)36-32(27)31(22)33-34(2)28-13-7-8-14-29(28)35(33)25-19-17-24(18-20-25)23-10-4-3-5-11-23/h3-21H,1-2H3/q+1. The van der Waals surface area contributed by atoms with E-state index in [4.69, 9.17) is 4.42 Å². The number of imidazole rings is 1. The Kier molecular flexibility index (Phi) is 4.58. The van der Waals surface area contributed by atoms with Gasteiger partial charge in [-0.2, -0.15) is 4.57 Å². The lowest BCUT2D eigenvalue weighted by Crippen LogP contribution is -2.30. The van der Waals surface area contributed by atoms with Gasteiger partial charge in [-0.1, -0.05) is 84.9 Å². The van der Waals surface area contributed by atoms with Gasteiger partial charge in [0.25, 0.3) is 5.82 Å². The lowest BCUT2D eigenvalue weighted by Gasteiger charge is -2.08. The molecule has 0 saturated heterocycles. The molecule has 0 unspecified atom stereocenters. The van der Waals surface area contributed by atoms with Crippen molar-refractivity contribution in [2.75, 3.05) is 0 Å². The van der Waals surface area contributed by atoms with Crippen LogP contribution in [-0.4, -0.2) is 4.57 Å². The van der Waals surface area contributed by atoms with Crippen LogP contribution in [0.2, 0.25) is 0 Å². The van der Waals surface area contributed by atoms with Gasteiger partial charge in [-0.15, -0.1) is 0 Å². The smallest absolute Gasteiger partial charge is 0.298 e. The Labute approximate surface area is 209 Å². The number of fused-ring (bicyclic) bond motifs is 4. The summed E-state index contributed by atoms with van der Waals surface area (Å²) in [6, 6.07) is 40.6. The molecule has 0 saturated carbocycles. The van der Waals surface area contributed by atoms with Crippen LogP contribution in [0.3, 0.4) is 0 Å². The molecule has 5 aromatic carbocycles. The van der Waals surface area contributed by atoms with Crippen molar-refractivity contribution in [2.24, 2.45) is 7.05 Å². The van der Waals surface area contributed by atoms with E-state index in [1.54, 1.807) is 0 Å². The van der Waals surface area contributed by atoms with Crippen molar-refractivity contribution < 1.29 is 8.98 Å². The molecule has 0 atom stereocenters. The molecule has 3 heteroatoms. The third-order valence-electron chi connectivity index (χ3n) is 7.23. The number of nitrogens with zero attached hydrogens (tertiary/aromatic N) is 2. The number of aryl methyl sites for hydroxylation is 2. The van der Waals surface area contributed by atoms with Gasteiger partial charge in [-0.05, 0) is 53.9 Å². The van der Waals surface area contributed by atoms with Gasteiger partial charge in [0, 0.05) is 10.8 Å². The van der Waals surface area contributed by atoms with Crippen molar-refractivity contribution in [2.45, 2.75) is 6.92 Å². The van der Waals surface area contributed by atoms with Gasteiger partial charge in [-0.3, -0.25) is 0 Å². The Balaban J connectivity index is 1.54. The molecule has 0 aliphatic carbocycles. The Morgan fingerprint density at radius 2 is 1.33 bits per heavy atom. The van der Waals surface area contributed by atoms with E-state index in [1.807, 2.05) is 12.1 Å². The lowest BCUT2D eigenvalue weighted by atomic mass is 10.0. The Morgan fingerprint density at radius 1 is 0.639 bits per heavy atom. The fourth-order valence-electron chi connectivity index (χ4n) is 5.45. The summed E-state index contributed by atoms with van der Waals surface area (Å²) in [5.41, 5.74) is 10.0. The highest BCUT2D eigenvalue weighted by Gasteiger charge is 2.30. The zero-order valence-electron chi connectivity index (χ0n) is 20.3. The topological polar surface area (TPSA) is 21.9 Å². The summed E-state index contributed by atoms with van der Waals surface area (Å²) >= 11 is 0. The molecule has 3 nitrogen and oxygen atoms in total. The largest absolute Gasteiger partial charge is 0.455 e. The first-order chi connectivity index (χ1) is 17.7.